The van der Waals surface area contributed by atoms with E-state index in [0.717, 1.165) is 16.8 Å². The Labute approximate surface area is 178 Å². The standard InChI is InChI=1S/C13H11N2.C11H8N.Ir/c1-15-9-3-5-11-7-6-10-4-2-8-14-12(10)13(11)15;1-2-6-10(7-3-1)11-8-4-5-9-12-11;/h2-9H,1H3;1-6,8-9H;/q+1;-1;. The molecule has 0 atom stereocenters. The van der Waals surface area contributed by atoms with E-state index in [1.807, 2.05) is 54.7 Å². The fourth-order valence-corrected chi connectivity index (χ4v) is 3.08. The maximum absolute atomic E-state index is 4.45. The van der Waals surface area contributed by atoms with Crippen molar-refractivity contribution in [2.45, 2.75) is 0 Å². The van der Waals surface area contributed by atoms with E-state index in [2.05, 4.69) is 64.2 Å². The first kappa shape index (κ1) is 19.8. The first-order valence-electron chi connectivity index (χ1n) is 8.83. The average molecular weight is 542 g/mol. The topological polar surface area (TPSA) is 29.7 Å². The first-order valence-corrected chi connectivity index (χ1v) is 8.83. The molecule has 3 aromatic heterocycles. The second-order valence-electron chi connectivity index (χ2n) is 6.19. The summed E-state index contributed by atoms with van der Waals surface area (Å²) in [6.45, 7) is 0. The molecule has 0 fully saturated rings. The molecule has 1 radical (unpaired) electrons. The van der Waals surface area contributed by atoms with Crippen LogP contribution < -0.4 is 4.57 Å². The second-order valence-corrected chi connectivity index (χ2v) is 6.19. The molecule has 3 nitrogen and oxygen atoms in total. The molecule has 3 heterocycles. The van der Waals surface area contributed by atoms with Crippen molar-refractivity contribution in [3.8, 4) is 11.3 Å². The molecule has 0 aliphatic carbocycles. The Hall–Kier alpha value is -2.94. The molecule has 0 aliphatic heterocycles. The summed E-state index contributed by atoms with van der Waals surface area (Å²) in [5.41, 5.74) is 4.27. The van der Waals surface area contributed by atoms with E-state index in [4.69, 9.17) is 0 Å². The van der Waals surface area contributed by atoms with Gasteiger partial charge in [0.1, 0.15) is 12.6 Å². The zero-order valence-electron chi connectivity index (χ0n) is 15.4. The summed E-state index contributed by atoms with van der Waals surface area (Å²) < 4.78 is 2.12. The van der Waals surface area contributed by atoms with Crippen molar-refractivity contribution in [2.24, 2.45) is 7.05 Å². The molecule has 0 bridgehead atoms. The van der Waals surface area contributed by atoms with Gasteiger partial charge in [-0.15, -0.1) is 35.9 Å². The smallest absolute Gasteiger partial charge is 0.238 e. The number of benzene rings is 2. The number of rotatable bonds is 1. The molecular weight excluding hydrogens is 523 g/mol. The number of pyridine rings is 3. The Kier molecular flexibility index (Phi) is 6.59. The van der Waals surface area contributed by atoms with Gasteiger partial charge in [0.15, 0.2) is 6.20 Å². The van der Waals surface area contributed by atoms with Crippen molar-refractivity contribution in [2.75, 3.05) is 0 Å². The minimum Gasteiger partial charge on any atom is -0.305 e. The Morgan fingerprint density at radius 3 is 2.32 bits per heavy atom. The van der Waals surface area contributed by atoms with Crippen molar-refractivity contribution < 1.29 is 24.7 Å². The van der Waals surface area contributed by atoms with Gasteiger partial charge in [-0.2, -0.15) is 4.57 Å². The summed E-state index contributed by atoms with van der Waals surface area (Å²) in [4.78, 5) is 8.67. The molecular formula is C24H19IrN3. The molecule has 0 saturated heterocycles. The van der Waals surface area contributed by atoms with Gasteiger partial charge in [0.2, 0.25) is 5.52 Å². The number of hydrogen-bond donors (Lipinski definition) is 0. The van der Waals surface area contributed by atoms with Crippen LogP contribution in [0.25, 0.3) is 33.1 Å². The third-order valence-electron chi connectivity index (χ3n) is 4.37. The number of fused-ring (bicyclic) bond motifs is 3. The molecule has 5 aromatic rings. The van der Waals surface area contributed by atoms with Crippen molar-refractivity contribution >= 4 is 21.8 Å². The molecule has 0 unspecified atom stereocenters. The maximum Gasteiger partial charge on any atom is 0.238 e. The van der Waals surface area contributed by atoms with Gasteiger partial charge in [-0.1, -0.05) is 24.3 Å². The van der Waals surface area contributed by atoms with Crippen molar-refractivity contribution in [1.29, 1.82) is 0 Å². The zero-order valence-corrected chi connectivity index (χ0v) is 17.8. The van der Waals surface area contributed by atoms with Crippen LogP contribution in [0.3, 0.4) is 0 Å². The second kappa shape index (κ2) is 9.31. The van der Waals surface area contributed by atoms with E-state index < -0.39 is 0 Å². The molecule has 0 N–H and O–H groups in total. The van der Waals surface area contributed by atoms with Crippen LogP contribution in [0.4, 0.5) is 0 Å². The van der Waals surface area contributed by atoms with Gasteiger partial charge in [-0.05, 0) is 30.0 Å². The fourth-order valence-electron chi connectivity index (χ4n) is 3.08. The molecule has 139 valence electrons. The number of aryl methyl sites for hydroxylation is 1. The predicted molar refractivity (Wildman–Crippen MR) is 109 cm³/mol. The molecule has 0 spiro atoms. The Morgan fingerprint density at radius 2 is 1.54 bits per heavy atom. The average Bonchev–Trinajstić information content (AvgIpc) is 2.75. The van der Waals surface area contributed by atoms with Crippen LogP contribution in [-0.4, -0.2) is 9.97 Å². The molecule has 0 amide bonds. The van der Waals surface area contributed by atoms with E-state index in [9.17, 15) is 0 Å². The van der Waals surface area contributed by atoms with Gasteiger partial charge in [-0.3, -0.25) is 0 Å². The van der Waals surface area contributed by atoms with Gasteiger partial charge in [0, 0.05) is 49.3 Å². The fraction of sp³-hybridized carbons (Fsp3) is 0.0417. The van der Waals surface area contributed by atoms with Crippen molar-refractivity contribution in [1.82, 2.24) is 9.97 Å². The number of aromatic nitrogens is 3. The van der Waals surface area contributed by atoms with Gasteiger partial charge < -0.3 is 4.98 Å². The summed E-state index contributed by atoms with van der Waals surface area (Å²) in [6.07, 6.45) is 5.68. The molecule has 0 aliphatic rings. The SMILES string of the molecule is C[n+]1cccc2ccc3cccnc3c21.[Ir].[c-]1ccccc1-c1ccccn1. The summed E-state index contributed by atoms with van der Waals surface area (Å²) in [5.74, 6) is 0. The number of hydrogen-bond acceptors (Lipinski definition) is 2. The number of nitrogens with zero attached hydrogens (tertiary/aromatic N) is 3. The monoisotopic (exact) mass is 542 g/mol. The van der Waals surface area contributed by atoms with Crippen LogP contribution in [-0.2, 0) is 27.2 Å². The van der Waals surface area contributed by atoms with Gasteiger partial charge >= 0.3 is 0 Å². The van der Waals surface area contributed by atoms with Gasteiger partial charge in [0.25, 0.3) is 0 Å². The van der Waals surface area contributed by atoms with Gasteiger partial charge in [0.05, 0.1) is 0 Å². The van der Waals surface area contributed by atoms with Gasteiger partial charge in [-0.25, -0.2) is 4.98 Å². The van der Waals surface area contributed by atoms with Crippen LogP contribution in [0.15, 0.2) is 97.5 Å². The minimum absolute atomic E-state index is 0. The maximum atomic E-state index is 4.45. The van der Waals surface area contributed by atoms with Crippen LogP contribution in [0.1, 0.15) is 0 Å². The zero-order chi connectivity index (χ0) is 18.5. The Morgan fingerprint density at radius 1 is 0.750 bits per heavy atom. The van der Waals surface area contributed by atoms with Crippen LogP contribution >= 0.6 is 0 Å². The molecule has 0 saturated carbocycles. The van der Waals surface area contributed by atoms with Crippen molar-refractivity contribution in [3.05, 3.63) is 104 Å². The largest absolute Gasteiger partial charge is 0.305 e. The first-order chi connectivity index (χ1) is 13.3. The summed E-state index contributed by atoms with van der Waals surface area (Å²) >= 11 is 0. The normalized spacial score (nSPS) is 10.0. The summed E-state index contributed by atoms with van der Waals surface area (Å²) in [5, 5.41) is 2.41. The van der Waals surface area contributed by atoms with E-state index >= 15 is 0 Å². The summed E-state index contributed by atoms with van der Waals surface area (Å²) in [7, 11) is 2.05. The van der Waals surface area contributed by atoms with Crippen molar-refractivity contribution in [3.63, 3.8) is 0 Å². The van der Waals surface area contributed by atoms with E-state index in [0.29, 0.717) is 0 Å². The van der Waals surface area contributed by atoms with E-state index in [1.165, 1.54) is 16.3 Å². The quantitative estimate of drug-likeness (QED) is 0.174. The van der Waals surface area contributed by atoms with E-state index in [-0.39, 0.29) is 20.1 Å². The predicted octanol–water partition coefficient (Wildman–Crippen LogP) is 4.76. The third kappa shape index (κ3) is 4.30. The van der Waals surface area contributed by atoms with E-state index in [1.54, 1.807) is 6.20 Å². The molecule has 5 rings (SSSR count). The van der Waals surface area contributed by atoms with Crippen LogP contribution in [0.5, 0.6) is 0 Å². The molecule has 2 aromatic carbocycles. The molecule has 28 heavy (non-hydrogen) atoms. The Balaban J connectivity index is 0.000000159. The molecule has 4 heteroatoms. The third-order valence-corrected chi connectivity index (χ3v) is 4.37. The minimum atomic E-state index is 0. The van der Waals surface area contributed by atoms with Crippen LogP contribution in [0.2, 0.25) is 0 Å². The van der Waals surface area contributed by atoms with Crippen LogP contribution in [0, 0.1) is 6.07 Å². The summed E-state index contributed by atoms with van der Waals surface area (Å²) in [6, 6.07) is 29.3. The Bertz CT molecular complexity index is 1140.